The van der Waals surface area contributed by atoms with Crippen LogP contribution < -0.4 is 0 Å². The Morgan fingerprint density at radius 2 is 1.74 bits per heavy atom. The van der Waals surface area contributed by atoms with Crippen molar-refractivity contribution in [2.75, 3.05) is 13.1 Å². The first-order chi connectivity index (χ1) is 17.2. The summed E-state index contributed by atoms with van der Waals surface area (Å²) in [5, 5.41) is 12.7. The number of nitrogens with zero attached hydrogens (tertiary/aromatic N) is 7. The highest BCUT2D eigenvalue weighted by Gasteiger charge is 2.25. The lowest BCUT2D eigenvalue weighted by molar-refractivity contribution is 0.105. The highest BCUT2D eigenvalue weighted by Crippen LogP contribution is 2.32. The van der Waals surface area contributed by atoms with E-state index < -0.39 is 5.82 Å². The summed E-state index contributed by atoms with van der Waals surface area (Å²) in [6.45, 7) is 5.49. The van der Waals surface area contributed by atoms with Gasteiger partial charge in [0.25, 0.3) is 5.89 Å². The minimum Gasteiger partial charge on any atom is -0.332 e. The number of benzene rings is 2. The van der Waals surface area contributed by atoms with Crippen molar-refractivity contribution in [1.82, 2.24) is 35.0 Å². The Kier molecular flexibility index (Phi) is 5.38. The summed E-state index contributed by atoms with van der Waals surface area (Å²) in [5.41, 5.74) is 4.00. The molecule has 6 rings (SSSR count). The molecule has 0 N–H and O–H groups in total. The van der Waals surface area contributed by atoms with E-state index in [0.717, 1.165) is 36.7 Å². The molecule has 0 saturated carbocycles. The SMILES string of the molecule is CC1CN(Cc2ccc(-c3noc(-c4nnn(-c5ccccc5F)c4-c4ccncc4)n3)cc2)C1. The third-order valence-corrected chi connectivity index (χ3v) is 6.09. The maximum Gasteiger partial charge on any atom is 0.281 e. The average Bonchev–Trinajstić information content (AvgIpc) is 3.52. The Bertz CT molecular complexity index is 1460. The summed E-state index contributed by atoms with van der Waals surface area (Å²) >= 11 is 0. The van der Waals surface area contributed by atoms with Gasteiger partial charge in [-0.05, 0) is 35.7 Å². The Hall–Kier alpha value is -4.24. The number of likely N-dealkylation sites (tertiary alicyclic amines) is 1. The quantitative estimate of drug-likeness (QED) is 0.360. The monoisotopic (exact) mass is 467 g/mol. The molecule has 9 heteroatoms. The second-order valence-electron chi connectivity index (χ2n) is 8.81. The molecule has 1 aliphatic rings. The first-order valence-electron chi connectivity index (χ1n) is 11.4. The second kappa shape index (κ2) is 8.84. The van der Waals surface area contributed by atoms with Crippen LogP contribution in [0.25, 0.3) is 39.9 Å². The van der Waals surface area contributed by atoms with Crippen molar-refractivity contribution < 1.29 is 8.91 Å². The molecule has 35 heavy (non-hydrogen) atoms. The molecule has 0 atom stereocenters. The lowest BCUT2D eigenvalue weighted by atomic mass is 10.0. The van der Waals surface area contributed by atoms with Crippen molar-refractivity contribution in [3.8, 4) is 39.9 Å². The summed E-state index contributed by atoms with van der Waals surface area (Å²) in [6, 6.07) is 18.2. The number of para-hydroxylation sites is 1. The summed E-state index contributed by atoms with van der Waals surface area (Å²) in [6.07, 6.45) is 3.30. The van der Waals surface area contributed by atoms with Crippen LogP contribution in [0.2, 0.25) is 0 Å². The van der Waals surface area contributed by atoms with Crippen LogP contribution in [0.3, 0.4) is 0 Å². The molecular weight excluding hydrogens is 445 g/mol. The first kappa shape index (κ1) is 21.3. The van der Waals surface area contributed by atoms with E-state index in [2.05, 4.69) is 49.4 Å². The van der Waals surface area contributed by atoms with Gasteiger partial charge in [-0.1, -0.05) is 53.7 Å². The summed E-state index contributed by atoms with van der Waals surface area (Å²) in [4.78, 5) is 11.1. The maximum absolute atomic E-state index is 14.6. The molecule has 5 aromatic rings. The van der Waals surface area contributed by atoms with Crippen molar-refractivity contribution >= 4 is 0 Å². The van der Waals surface area contributed by atoms with Crippen LogP contribution in [0.5, 0.6) is 0 Å². The summed E-state index contributed by atoms with van der Waals surface area (Å²) in [7, 11) is 0. The van der Waals surface area contributed by atoms with E-state index in [0.29, 0.717) is 17.2 Å². The van der Waals surface area contributed by atoms with E-state index in [9.17, 15) is 4.39 Å². The van der Waals surface area contributed by atoms with Crippen molar-refractivity contribution in [2.24, 2.45) is 5.92 Å². The predicted molar refractivity (Wildman–Crippen MR) is 128 cm³/mol. The fourth-order valence-corrected chi connectivity index (χ4v) is 4.40. The van der Waals surface area contributed by atoms with Crippen LogP contribution in [0, 0.1) is 11.7 Å². The molecule has 1 saturated heterocycles. The largest absolute Gasteiger partial charge is 0.332 e. The van der Waals surface area contributed by atoms with E-state index in [1.165, 1.54) is 16.3 Å². The molecule has 2 aromatic carbocycles. The third-order valence-electron chi connectivity index (χ3n) is 6.09. The third kappa shape index (κ3) is 4.10. The molecule has 0 bridgehead atoms. The minimum absolute atomic E-state index is 0.202. The van der Waals surface area contributed by atoms with E-state index in [1.54, 1.807) is 42.7 Å². The highest BCUT2D eigenvalue weighted by atomic mass is 19.1. The highest BCUT2D eigenvalue weighted by molar-refractivity contribution is 5.76. The molecule has 174 valence electrons. The van der Waals surface area contributed by atoms with Gasteiger partial charge in [-0.15, -0.1) is 5.10 Å². The fraction of sp³-hybridized carbons (Fsp3) is 0.192. The standard InChI is InChI=1S/C26H22FN7O/c1-17-14-33(15-17)16-18-6-8-20(9-7-18)25-29-26(35-31-25)23-24(19-10-12-28-13-11-19)34(32-30-23)22-5-3-2-4-21(22)27/h2-13,17H,14-16H2,1H3. The molecule has 4 heterocycles. The zero-order valence-electron chi connectivity index (χ0n) is 19.0. The zero-order chi connectivity index (χ0) is 23.8. The van der Waals surface area contributed by atoms with Gasteiger partial charge < -0.3 is 4.52 Å². The second-order valence-corrected chi connectivity index (χ2v) is 8.81. The average molecular weight is 468 g/mol. The molecule has 1 fully saturated rings. The van der Waals surface area contributed by atoms with Gasteiger partial charge in [0.2, 0.25) is 5.82 Å². The lowest BCUT2D eigenvalue weighted by Gasteiger charge is -2.37. The normalized spacial score (nSPS) is 14.2. The number of hydrogen-bond acceptors (Lipinski definition) is 7. The smallest absolute Gasteiger partial charge is 0.281 e. The van der Waals surface area contributed by atoms with Crippen LogP contribution in [0.1, 0.15) is 12.5 Å². The van der Waals surface area contributed by atoms with Crippen molar-refractivity contribution in [1.29, 1.82) is 0 Å². The minimum atomic E-state index is -0.418. The maximum atomic E-state index is 14.6. The Balaban J connectivity index is 1.34. The predicted octanol–water partition coefficient (Wildman–Crippen LogP) is 4.64. The molecular formula is C26H22FN7O. The molecule has 0 radical (unpaired) electrons. The Labute approximate surface area is 201 Å². The fourth-order valence-electron chi connectivity index (χ4n) is 4.40. The summed E-state index contributed by atoms with van der Waals surface area (Å²) < 4.78 is 21.6. The molecule has 0 amide bonds. The topological polar surface area (TPSA) is 85.8 Å². The van der Waals surface area contributed by atoms with Gasteiger partial charge in [-0.3, -0.25) is 9.88 Å². The van der Waals surface area contributed by atoms with Gasteiger partial charge in [0.05, 0.1) is 0 Å². The lowest BCUT2D eigenvalue weighted by Crippen LogP contribution is -2.44. The first-order valence-corrected chi connectivity index (χ1v) is 11.4. The van der Waals surface area contributed by atoms with Crippen LogP contribution in [0.15, 0.2) is 77.6 Å². The number of hydrogen-bond donors (Lipinski definition) is 0. The van der Waals surface area contributed by atoms with Crippen LogP contribution in [0.4, 0.5) is 4.39 Å². The Morgan fingerprint density at radius 3 is 2.49 bits per heavy atom. The van der Waals surface area contributed by atoms with Gasteiger partial charge in [-0.25, -0.2) is 9.07 Å². The van der Waals surface area contributed by atoms with E-state index in [4.69, 9.17) is 4.52 Å². The number of rotatable bonds is 6. The van der Waals surface area contributed by atoms with Gasteiger partial charge in [0.1, 0.15) is 17.2 Å². The van der Waals surface area contributed by atoms with Crippen molar-refractivity contribution in [2.45, 2.75) is 13.5 Å². The molecule has 3 aromatic heterocycles. The van der Waals surface area contributed by atoms with Crippen LogP contribution >= 0.6 is 0 Å². The Morgan fingerprint density at radius 1 is 0.971 bits per heavy atom. The van der Waals surface area contributed by atoms with Crippen molar-refractivity contribution in [3.05, 3.63) is 84.4 Å². The van der Waals surface area contributed by atoms with E-state index in [1.807, 2.05) is 12.1 Å². The summed E-state index contributed by atoms with van der Waals surface area (Å²) in [5.74, 6) is 1.01. The van der Waals surface area contributed by atoms with Gasteiger partial charge in [0, 0.05) is 43.2 Å². The molecule has 0 aliphatic carbocycles. The molecule has 1 aliphatic heterocycles. The molecule has 0 spiro atoms. The molecule has 0 unspecified atom stereocenters. The number of halogens is 1. The van der Waals surface area contributed by atoms with Gasteiger partial charge >= 0.3 is 0 Å². The molecule has 8 nitrogen and oxygen atoms in total. The van der Waals surface area contributed by atoms with E-state index >= 15 is 0 Å². The van der Waals surface area contributed by atoms with Crippen molar-refractivity contribution in [3.63, 3.8) is 0 Å². The van der Waals surface area contributed by atoms with Gasteiger partial charge in [-0.2, -0.15) is 4.98 Å². The van der Waals surface area contributed by atoms with Crippen LogP contribution in [-0.4, -0.2) is 48.1 Å². The number of aromatic nitrogens is 6. The van der Waals surface area contributed by atoms with Crippen LogP contribution in [-0.2, 0) is 6.54 Å². The zero-order valence-corrected chi connectivity index (χ0v) is 19.0. The van der Waals surface area contributed by atoms with E-state index in [-0.39, 0.29) is 11.6 Å². The number of pyridine rings is 1. The van der Waals surface area contributed by atoms with Gasteiger partial charge in [0.15, 0.2) is 5.69 Å².